The highest BCUT2D eigenvalue weighted by molar-refractivity contribution is 5.96. The number of benzene rings is 2. The van der Waals surface area contributed by atoms with Crippen LogP contribution in [0.25, 0.3) is 6.08 Å². The highest BCUT2D eigenvalue weighted by Gasteiger charge is 2.16. The summed E-state index contributed by atoms with van der Waals surface area (Å²) in [5, 5.41) is 11.5. The summed E-state index contributed by atoms with van der Waals surface area (Å²) in [6.45, 7) is 1.46. The average molecular weight is 380 g/mol. The predicted octanol–water partition coefficient (Wildman–Crippen LogP) is 3.16. The van der Waals surface area contributed by atoms with E-state index in [9.17, 15) is 9.59 Å². The summed E-state index contributed by atoms with van der Waals surface area (Å²) in [5.41, 5.74) is 1.58. The lowest BCUT2D eigenvalue weighted by Gasteiger charge is -2.12. The average Bonchev–Trinajstić information content (AvgIpc) is 2.71. The number of nitriles is 1. The van der Waals surface area contributed by atoms with Crippen molar-refractivity contribution in [3.8, 4) is 17.6 Å². The molecule has 2 rings (SSSR count). The molecule has 0 aliphatic carbocycles. The molecule has 1 N–H and O–H groups in total. The Hall–Kier alpha value is -3.79. The summed E-state index contributed by atoms with van der Waals surface area (Å²) in [7, 11) is 3.06. The number of hydrogen-bond donors (Lipinski definition) is 1. The second-order valence-corrected chi connectivity index (χ2v) is 5.71. The molecule has 0 bridgehead atoms. The van der Waals surface area contributed by atoms with Crippen molar-refractivity contribution >= 4 is 23.6 Å². The zero-order chi connectivity index (χ0) is 20.5. The SMILES string of the molecule is COc1ccc(C=CC(=O)OC(C)C(=O)Nc2cccc(C#N)c2)cc1OC. The molecule has 2 aromatic rings. The molecule has 0 aliphatic rings. The molecule has 0 radical (unpaired) electrons. The molecule has 0 fully saturated rings. The number of carbonyl (C=O) groups excluding carboxylic acids is 2. The van der Waals surface area contributed by atoms with E-state index in [1.165, 1.54) is 33.3 Å². The molecular formula is C21H20N2O5. The van der Waals surface area contributed by atoms with Crippen LogP contribution in [0.1, 0.15) is 18.1 Å². The molecule has 2 aromatic carbocycles. The third-order valence-electron chi connectivity index (χ3n) is 3.74. The van der Waals surface area contributed by atoms with Crippen LogP contribution in [0.3, 0.4) is 0 Å². The Kier molecular flexibility index (Phi) is 7.17. The van der Waals surface area contributed by atoms with Crippen molar-refractivity contribution < 1.29 is 23.8 Å². The first-order chi connectivity index (χ1) is 13.5. The maximum Gasteiger partial charge on any atom is 0.331 e. The number of esters is 1. The van der Waals surface area contributed by atoms with Crippen LogP contribution in [-0.2, 0) is 14.3 Å². The highest BCUT2D eigenvalue weighted by Crippen LogP contribution is 2.27. The van der Waals surface area contributed by atoms with E-state index in [1.54, 1.807) is 42.5 Å². The van der Waals surface area contributed by atoms with E-state index in [4.69, 9.17) is 19.5 Å². The fraction of sp³-hybridized carbons (Fsp3) is 0.190. The summed E-state index contributed by atoms with van der Waals surface area (Å²) in [4.78, 5) is 24.1. The molecule has 1 atom stereocenters. The maximum atomic E-state index is 12.2. The van der Waals surface area contributed by atoms with Gasteiger partial charge in [0, 0.05) is 11.8 Å². The number of rotatable bonds is 7. The zero-order valence-corrected chi connectivity index (χ0v) is 15.8. The van der Waals surface area contributed by atoms with Gasteiger partial charge in [-0.05, 0) is 48.9 Å². The Bertz CT molecular complexity index is 931. The number of methoxy groups -OCH3 is 2. The number of hydrogen-bond acceptors (Lipinski definition) is 6. The predicted molar refractivity (Wildman–Crippen MR) is 104 cm³/mol. The lowest BCUT2D eigenvalue weighted by molar-refractivity contribution is -0.148. The first-order valence-corrected chi connectivity index (χ1v) is 8.38. The standard InChI is InChI=1S/C21H20N2O5/c1-14(21(25)23-17-6-4-5-16(11-17)13-22)28-20(24)10-8-15-7-9-18(26-2)19(12-15)27-3/h4-12,14H,1-3H3,(H,23,25). The van der Waals surface area contributed by atoms with Crippen molar-refractivity contribution in [2.75, 3.05) is 19.5 Å². The highest BCUT2D eigenvalue weighted by atomic mass is 16.5. The van der Waals surface area contributed by atoms with Crippen molar-refractivity contribution in [2.24, 2.45) is 0 Å². The van der Waals surface area contributed by atoms with Crippen LogP contribution in [0, 0.1) is 11.3 Å². The van der Waals surface area contributed by atoms with Crippen molar-refractivity contribution in [3.63, 3.8) is 0 Å². The van der Waals surface area contributed by atoms with Gasteiger partial charge in [0.15, 0.2) is 17.6 Å². The Balaban J connectivity index is 1.95. The van der Waals surface area contributed by atoms with E-state index in [-0.39, 0.29) is 0 Å². The maximum absolute atomic E-state index is 12.2. The van der Waals surface area contributed by atoms with Crippen molar-refractivity contribution in [3.05, 3.63) is 59.7 Å². The van der Waals surface area contributed by atoms with Crippen molar-refractivity contribution in [1.82, 2.24) is 0 Å². The van der Waals surface area contributed by atoms with Gasteiger partial charge in [0.05, 0.1) is 25.9 Å². The molecule has 1 amide bonds. The molecule has 7 nitrogen and oxygen atoms in total. The van der Waals surface area contributed by atoms with Gasteiger partial charge >= 0.3 is 5.97 Å². The van der Waals surface area contributed by atoms with Crippen LogP contribution in [0.5, 0.6) is 11.5 Å². The number of amides is 1. The number of nitrogens with zero attached hydrogens (tertiary/aromatic N) is 1. The summed E-state index contributed by atoms with van der Waals surface area (Å²) < 4.78 is 15.5. The first kappa shape index (κ1) is 20.5. The first-order valence-electron chi connectivity index (χ1n) is 8.38. The smallest absolute Gasteiger partial charge is 0.331 e. The molecule has 1 unspecified atom stereocenters. The molecule has 0 aliphatic heterocycles. The summed E-state index contributed by atoms with van der Waals surface area (Å²) in [6.07, 6.45) is 1.76. The molecule has 28 heavy (non-hydrogen) atoms. The zero-order valence-electron chi connectivity index (χ0n) is 15.8. The second-order valence-electron chi connectivity index (χ2n) is 5.71. The van der Waals surface area contributed by atoms with E-state index in [0.717, 1.165) is 0 Å². The lowest BCUT2D eigenvalue weighted by atomic mass is 10.2. The third-order valence-corrected chi connectivity index (χ3v) is 3.74. The summed E-state index contributed by atoms with van der Waals surface area (Å²) in [6, 6.07) is 13.6. The van der Waals surface area contributed by atoms with Gasteiger partial charge in [-0.3, -0.25) is 4.79 Å². The topological polar surface area (TPSA) is 97.6 Å². The molecule has 0 spiro atoms. The fourth-order valence-electron chi connectivity index (χ4n) is 2.30. The Morgan fingerprint density at radius 3 is 2.54 bits per heavy atom. The minimum atomic E-state index is -1.01. The molecule has 0 saturated heterocycles. The van der Waals surface area contributed by atoms with Gasteiger partial charge in [-0.2, -0.15) is 5.26 Å². The van der Waals surface area contributed by atoms with Crippen LogP contribution in [0.2, 0.25) is 0 Å². The van der Waals surface area contributed by atoms with Crippen molar-refractivity contribution in [2.45, 2.75) is 13.0 Å². The van der Waals surface area contributed by atoms with E-state index in [1.807, 2.05) is 6.07 Å². The number of nitrogens with one attached hydrogen (secondary N) is 1. The van der Waals surface area contributed by atoms with Crippen LogP contribution in [0.15, 0.2) is 48.5 Å². The van der Waals surface area contributed by atoms with E-state index in [2.05, 4.69) is 5.32 Å². The molecule has 0 heterocycles. The molecule has 0 aromatic heterocycles. The quantitative estimate of drug-likeness (QED) is 0.585. The summed E-state index contributed by atoms with van der Waals surface area (Å²) in [5.74, 6) is -0.0514. The van der Waals surface area contributed by atoms with Crippen LogP contribution in [0.4, 0.5) is 5.69 Å². The Morgan fingerprint density at radius 2 is 1.86 bits per heavy atom. The van der Waals surface area contributed by atoms with Gasteiger partial charge in [0.2, 0.25) is 0 Å². The molecule has 0 saturated carbocycles. The minimum absolute atomic E-state index is 0.417. The Morgan fingerprint density at radius 1 is 1.11 bits per heavy atom. The van der Waals surface area contributed by atoms with Gasteiger partial charge in [-0.25, -0.2) is 4.79 Å². The fourth-order valence-corrected chi connectivity index (χ4v) is 2.30. The number of carbonyl (C=O) groups is 2. The summed E-state index contributed by atoms with van der Waals surface area (Å²) >= 11 is 0. The van der Waals surface area contributed by atoms with Gasteiger partial charge < -0.3 is 19.5 Å². The molecular weight excluding hydrogens is 360 g/mol. The van der Waals surface area contributed by atoms with Gasteiger partial charge in [0.25, 0.3) is 5.91 Å². The minimum Gasteiger partial charge on any atom is -0.493 e. The van der Waals surface area contributed by atoms with Crippen LogP contribution >= 0.6 is 0 Å². The second kappa shape index (κ2) is 9.78. The van der Waals surface area contributed by atoms with E-state index in [0.29, 0.717) is 28.3 Å². The van der Waals surface area contributed by atoms with Gasteiger partial charge in [-0.15, -0.1) is 0 Å². The van der Waals surface area contributed by atoms with Crippen molar-refractivity contribution in [1.29, 1.82) is 5.26 Å². The lowest BCUT2D eigenvalue weighted by Crippen LogP contribution is -2.29. The largest absolute Gasteiger partial charge is 0.493 e. The van der Waals surface area contributed by atoms with Gasteiger partial charge in [-0.1, -0.05) is 12.1 Å². The van der Waals surface area contributed by atoms with Crippen LogP contribution in [-0.4, -0.2) is 32.2 Å². The monoisotopic (exact) mass is 380 g/mol. The third kappa shape index (κ3) is 5.61. The van der Waals surface area contributed by atoms with Gasteiger partial charge in [0.1, 0.15) is 0 Å². The number of ether oxygens (including phenoxy) is 3. The van der Waals surface area contributed by atoms with Crippen LogP contribution < -0.4 is 14.8 Å². The normalized spacial score (nSPS) is 11.4. The Labute approximate surface area is 163 Å². The number of anilines is 1. The molecule has 7 heteroatoms. The van der Waals surface area contributed by atoms with E-state index >= 15 is 0 Å². The molecule has 144 valence electrons. The van der Waals surface area contributed by atoms with E-state index < -0.39 is 18.0 Å².